The number of hydrogen-bond donors (Lipinski definition) is 0. The SMILES string of the molecule is CCCCCCCCCCC(CCCCCCCCCC)CCOC(=O)CCCCCC(=O)CCCCCCC. The van der Waals surface area contributed by atoms with Crippen molar-refractivity contribution in [2.45, 2.75) is 213 Å². The van der Waals surface area contributed by atoms with Crippen LogP contribution in [0.15, 0.2) is 0 Å². The molecule has 0 aliphatic carbocycles. The minimum atomic E-state index is -0.0415. The predicted octanol–water partition coefficient (Wildman–Crippen LogP) is 12.5. The highest BCUT2D eigenvalue weighted by Crippen LogP contribution is 2.23. The summed E-state index contributed by atoms with van der Waals surface area (Å²) in [5.74, 6) is 1.07. The summed E-state index contributed by atoms with van der Waals surface area (Å²) in [5.41, 5.74) is 0. The number of Topliss-reactive ketones (excluding diaryl/α,β-unsaturated/α-hetero) is 1. The number of unbranched alkanes of at least 4 members (excludes halogenated alkanes) is 20. The van der Waals surface area contributed by atoms with Crippen LogP contribution in [-0.4, -0.2) is 18.4 Å². The summed E-state index contributed by atoms with van der Waals surface area (Å²) >= 11 is 0. The van der Waals surface area contributed by atoms with Crippen molar-refractivity contribution in [3.05, 3.63) is 0 Å². The van der Waals surface area contributed by atoms with Crippen molar-refractivity contribution in [2.24, 2.45) is 5.92 Å². The summed E-state index contributed by atoms with van der Waals surface area (Å²) in [6.45, 7) is 7.38. The highest BCUT2D eigenvalue weighted by Gasteiger charge is 2.11. The Kier molecular flexibility index (Phi) is 31.9. The maximum Gasteiger partial charge on any atom is 0.305 e. The molecule has 0 bridgehead atoms. The smallest absolute Gasteiger partial charge is 0.305 e. The predicted molar refractivity (Wildman–Crippen MR) is 175 cm³/mol. The van der Waals surface area contributed by atoms with E-state index in [1.165, 1.54) is 141 Å². The first-order valence-electron chi connectivity index (χ1n) is 18.3. The van der Waals surface area contributed by atoms with Gasteiger partial charge in [0.15, 0.2) is 0 Å². The molecule has 0 aliphatic heterocycles. The summed E-state index contributed by atoms with van der Waals surface area (Å²) in [7, 11) is 0. The topological polar surface area (TPSA) is 43.4 Å². The third-order valence-corrected chi connectivity index (χ3v) is 8.62. The molecule has 0 aromatic rings. The number of ketones is 1. The number of carbonyl (C=O) groups excluding carboxylic acids is 2. The van der Waals surface area contributed by atoms with Crippen molar-refractivity contribution in [3.8, 4) is 0 Å². The van der Waals surface area contributed by atoms with Crippen LogP contribution in [0.5, 0.6) is 0 Å². The van der Waals surface area contributed by atoms with Gasteiger partial charge in [0, 0.05) is 19.3 Å². The fourth-order valence-electron chi connectivity index (χ4n) is 5.80. The van der Waals surface area contributed by atoms with Crippen LogP contribution in [-0.2, 0) is 14.3 Å². The molecule has 0 aromatic heterocycles. The molecule has 0 aromatic carbocycles. The van der Waals surface area contributed by atoms with Gasteiger partial charge in [0.25, 0.3) is 0 Å². The normalized spacial score (nSPS) is 11.4. The Bertz CT molecular complexity index is 510. The number of ether oxygens (including phenoxy) is 1. The zero-order chi connectivity index (χ0) is 29.4. The zero-order valence-corrected chi connectivity index (χ0v) is 27.7. The van der Waals surface area contributed by atoms with E-state index in [-0.39, 0.29) is 5.97 Å². The third-order valence-electron chi connectivity index (χ3n) is 8.62. The van der Waals surface area contributed by atoms with Gasteiger partial charge < -0.3 is 4.74 Å². The van der Waals surface area contributed by atoms with Crippen molar-refractivity contribution < 1.29 is 14.3 Å². The van der Waals surface area contributed by atoms with Crippen LogP contribution < -0.4 is 0 Å². The highest BCUT2D eigenvalue weighted by atomic mass is 16.5. The summed E-state index contributed by atoms with van der Waals surface area (Å²) in [6.07, 6.45) is 36.3. The minimum Gasteiger partial charge on any atom is -0.466 e. The van der Waals surface area contributed by atoms with Gasteiger partial charge in [-0.1, -0.05) is 168 Å². The summed E-state index contributed by atoms with van der Waals surface area (Å²) < 4.78 is 5.64. The van der Waals surface area contributed by atoms with E-state index in [0.29, 0.717) is 31.1 Å². The molecule has 0 unspecified atom stereocenters. The maximum absolute atomic E-state index is 12.3. The molecule has 0 aliphatic rings. The fourth-order valence-corrected chi connectivity index (χ4v) is 5.80. The number of rotatable bonds is 33. The van der Waals surface area contributed by atoms with E-state index in [9.17, 15) is 9.59 Å². The first-order chi connectivity index (χ1) is 19.6. The van der Waals surface area contributed by atoms with Gasteiger partial charge in [-0.2, -0.15) is 0 Å². The van der Waals surface area contributed by atoms with Gasteiger partial charge in [-0.15, -0.1) is 0 Å². The van der Waals surface area contributed by atoms with E-state index in [4.69, 9.17) is 4.74 Å². The van der Waals surface area contributed by atoms with Crippen molar-refractivity contribution in [1.82, 2.24) is 0 Å². The second-order valence-corrected chi connectivity index (χ2v) is 12.7. The van der Waals surface area contributed by atoms with Crippen molar-refractivity contribution >= 4 is 11.8 Å². The lowest BCUT2D eigenvalue weighted by molar-refractivity contribution is -0.144. The number of hydrogen-bond acceptors (Lipinski definition) is 3. The molecule has 238 valence electrons. The van der Waals surface area contributed by atoms with E-state index >= 15 is 0 Å². The van der Waals surface area contributed by atoms with Gasteiger partial charge in [0.1, 0.15) is 5.78 Å². The van der Waals surface area contributed by atoms with Gasteiger partial charge in [-0.05, 0) is 31.6 Å². The van der Waals surface area contributed by atoms with Crippen LogP contribution in [0.4, 0.5) is 0 Å². The van der Waals surface area contributed by atoms with E-state index < -0.39 is 0 Å². The molecular weight excluding hydrogens is 492 g/mol. The molecule has 40 heavy (non-hydrogen) atoms. The zero-order valence-electron chi connectivity index (χ0n) is 27.7. The lowest BCUT2D eigenvalue weighted by atomic mass is 9.91. The Labute approximate surface area is 251 Å². The lowest BCUT2D eigenvalue weighted by Gasteiger charge is -2.17. The second-order valence-electron chi connectivity index (χ2n) is 12.7. The fraction of sp³-hybridized carbons (Fsp3) is 0.946. The van der Waals surface area contributed by atoms with E-state index in [0.717, 1.165) is 38.5 Å². The molecule has 0 spiro atoms. The second kappa shape index (κ2) is 32.7. The molecule has 3 heteroatoms. The average Bonchev–Trinajstić information content (AvgIpc) is 2.95. The monoisotopic (exact) mass is 565 g/mol. The molecule has 0 radical (unpaired) electrons. The molecule has 0 saturated carbocycles. The van der Waals surface area contributed by atoms with Crippen LogP contribution in [0.2, 0.25) is 0 Å². The van der Waals surface area contributed by atoms with Crippen molar-refractivity contribution in [2.75, 3.05) is 6.61 Å². The molecule has 0 atom stereocenters. The summed E-state index contributed by atoms with van der Waals surface area (Å²) in [6, 6.07) is 0. The first-order valence-corrected chi connectivity index (χ1v) is 18.3. The standard InChI is InChI=1S/C37H72O3/c1-4-7-10-13-15-17-20-23-28-35(29-24-21-18-16-14-11-8-5-2)33-34-40-37(39)32-27-22-26-31-36(38)30-25-19-12-9-6-3/h35H,4-34H2,1-3H3. The molecule has 0 amide bonds. The van der Waals surface area contributed by atoms with Gasteiger partial charge in [-0.25, -0.2) is 0 Å². The van der Waals surface area contributed by atoms with Gasteiger partial charge >= 0.3 is 5.97 Å². The van der Waals surface area contributed by atoms with Crippen LogP contribution >= 0.6 is 0 Å². The lowest BCUT2D eigenvalue weighted by Crippen LogP contribution is -2.10. The van der Waals surface area contributed by atoms with E-state index in [2.05, 4.69) is 20.8 Å². The third kappa shape index (κ3) is 30.1. The Morgan fingerprint density at radius 2 is 0.775 bits per heavy atom. The summed E-state index contributed by atoms with van der Waals surface area (Å²) in [4.78, 5) is 24.3. The molecule has 0 saturated heterocycles. The largest absolute Gasteiger partial charge is 0.466 e. The average molecular weight is 565 g/mol. The Balaban J connectivity index is 4.01. The Hall–Kier alpha value is -0.860. The van der Waals surface area contributed by atoms with Crippen molar-refractivity contribution in [3.63, 3.8) is 0 Å². The number of carbonyl (C=O) groups is 2. The van der Waals surface area contributed by atoms with Crippen LogP contribution in [0.1, 0.15) is 213 Å². The quantitative estimate of drug-likeness (QED) is 0.0588. The minimum absolute atomic E-state index is 0.0415. The van der Waals surface area contributed by atoms with E-state index in [1.54, 1.807) is 0 Å². The molecule has 0 fully saturated rings. The Morgan fingerprint density at radius 1 is 0.425 bits per heavy atom. The van der Waals surface area contributed by atoms with Gasteiger partial charge in [-0.3, -0.25) is 9.59 Å². The van der Waals surface area contributed by atoms with Gasteiger partial charge in [0.2, 0.25) is 0 Å². The highest BCUT2D eigenvalue weighted by molar-refractivity contribution is 5.78. The van der Waals surface area contributed by atoms with Crippen molar-refractivity contribution in [1.29, 1.82) is 0 Å². The summed E-state index contributed by atoms with van der Waals surface area (Å²) in [5, 5.41) is 0. The molecule has 0 N–H and O–H groups in total. The van der Waals surface area contributed by atoms with Crippen LogP contribution in [0, 0.1) is 5.92 Å². The number of esters is 1. The maximum atomic E-state index is 12.3. The Morgan fingerprint density at radius 3 is 1.23 bits per heavy atom. The molecule has 0 heterocycles. The van der Waals surface area contributed by atoms with Crippen LogP contribution in [0.25, 0.3) is 0 Å². The molecular formula is C37H72O3. The van der Waals surface area contributed by atoms with Gasteiger partial charge in [0.05, 0.1) is 6.61 Å². The molecule has 0 rings (SSSR count). The molecule has 3 nitrogen and oxygen atoms in total. The van der Waals surface area contributed by atoms with E-state index in [1.807, 2.05) is 0 Å². The first kappa shape index (κ1) is 39.1. The van der Waals surface area contributed by atoms with Crippen LogP contribution in [0.3, 0.4) is 0 Å².